The van der Waals surface area contributed by atoms with Crippen molar-refractivity contribution in [2.75, 3.05) is 25.2 Å². The highest BCUT2D eigenvalue weighted by atomic mass is 19.1. The Labute approximate surface area is 215 Å². The van der Waals surface area contributed by atoms with Crippen molar-refractivity contribution in [1.82, 2.24) is 30.2 Å². The Bertz CT molecular complexity index is 1400. The van der Waals surface area contributed by atoms with Crippen molar-refractivity contribution in [1.29, 1.82) is 0 Å². The smallest absolute Gasteiger partial charge is 0.292 e. The Morgan fingerprint density at radius 1 is 1.08 bits per heavy atom. The minimum absolute atomic E-state index is 0.0299. The predicted molar refractivity (Wildman–Crippen MR) is 130 cm³/mol. The second-order valence-electron chi connectivity index (χ2n) is 7.83. The summed E-state index contributed by atoms with van der Waals surface area (Å²) >= 11 is 0. The number of nitrogens with one attached hydrogen (secondary N) is 2. The summed E-state index contributed by atoms with van der Waals surface area (Å²) in [5, 5.41) is 12.9. The van der Waals surface area contributed by atoms with Gasteiger partial charge < -0.3 is 24.6 Å². The maximum atomic E-state index is 13.1. The second-order valence-corrected chi connectivity index (χ2v) is 7.83. The van der Waals surface area contributed by atoms with E-state index in [1.54, 1.807) is 32.3 Å². The van der Waals surface area contributed by atoms with Crippen LogP contribution in [-0.2, 0) is 7.05 Å². The number of ether oxygens (including phenoxy) is 2. The van der Waals surface area contributed by atoms with E-state index in [9.17, 15) is 18.4 Å². The minimum atomic E-state index is -1.34. The van der Waals surface area contributed by atoms with E-state index in [0.717, 1.165) is 0 Å². The maximum Gasteiger partial charge on any atom is 0.292 e. The number of nitrogens with zero attached hydrogens (tertiary/aromatic N) is 5. The van der Waals surface area contributed by atoms with Crippen molar-refractivity contribution in [2.24, 2.45) is 7.05 Å². The van der Waals surface area contributed by atoms with Gasteiger partial charge in [-0.25, -0.2) is 13.8 Å². The van der Waals surface area contributed by atoms with Crippen molar-refractivity contribution in [3.8, 4) is 28.8 Å². The van der Waals surface area contributed by atoms with Crippen LogP contribution in [0.3, 0.4) is 0 Å². The van der Waals surface area contributed by atoms with E-state index in [4.69, 9.17) is 14.0 Å². The minimum Gasteiger partial charge on any atom is -0.485 e. The Morgan fingerprint density at radius 3 is 2.53 bits per heavy atom. The number of hydrogen-bond acceptors (Lipinski definition) is 9. The molecular formula is C24H23F2N7O5. The van der Waals surface area contributed by atoms with Crippen molar-refractivity contribution >= 4 is 17.6 Å². The number of pyridine rings is 1. The third-order valence-corrected chi connectivity index (χ3v) is 4.90. The van der Waals surface area contributed by atoms with Gasteiger partial charge in [0.25, 0.3) is 23.5 Å². The number of aryl methyl sites for hydroxylation is 1. The van der Waals surface area contributed by atoms with Gasteiger partial charge in [-0.1, -0.05) is 5.16 Å². The summed E-state index contributed by atoms with van der Waals surface area (Å²) in [4.78, 5) is 32.9. The zero-order chi connectivity index (χ0) is 27.1. The molecule has 3 heterocycles. The van der Waals surface area contributed by atoms with Gasteiger partial charge in [0.05, 0.1) is 6.20 Å². The summed E-state index contributed by atoms with van der Waals surface area (Å²) in [5.74, 6) is -0.356. The third kappa shape index (κ3) is 6.46. The molecule has 0 radical (unpaired) electrons. The predicted octanol–water partition coefficient (Wildman–Crippen LogP) is 3.35. The molecule has 198 valence electrons. The molecule has 1 aromatic carbocycles. The van der Waals surface area contributed by atoms with Crippen molar-refractivity contribution < 1.29 is 32.4 Å². The van der Waals surface area contributed by atoms with Crippen molar-refractivity contribution in [2.45, 2.75) is 13.0 Å². The highest BCUT2D eigenvalue weighted by molar-refractivity contribution is 6.04. The lowest BCUT2D eigenvalue weighted by Crippen LogP contribution is -2.23. The Morgan fingerprint density at radius 2 is 1.87 bits per heavy atom. The van der Waals surface area contributed by atoms with Gasteiger partial charge in [-0.15, -0.1) is 0 Å². The van der Waals surface area contributed by atoms with Gasteiger partial charge in [-0.05, 0) is 31.2 Å². The molecule has 0 unspecified atom stereocenters. The number of alkyl halides is 2. The number of anilines is 1. The number of aromatic nitrogens is 5. The van der Waals surface area contributed by atoms with Crippen LogP contribution < -0.4 is 20.1 Å². The third-order valence-electron chi connectivity index (χ3n) is 4.90. The van der Waals surface area contributed by atoms with Crippen LogP contribution in [0, 0.1) is 0 Å². The quantitative estimate of drug-likeness (QED) is 0.300. The largest absolute Gasteiger partial charge is 0.485 e. The fourth-order valence-corrected chi connectivity index (χ4v) is 3.16. The summed E-state index contributed by atoms with van der Waals surface area (Å²) in [6, 6.07) is 8.84. The number of hydrogen-bond donors (Lipinski definition) is 2. The van der Waals surface area contributed by atoms with Crippen LogP contribution in [0.15, 0.2) is 53.3 Å². The molecule has 0 fully saturated rings. The van der Waals surface area contributed by atoms with Gasteiger partial charge >= 0.3 is 0 Å². The van der Waals surface area contributed by atoms with Crippen LogP contribution in [0.5, 0.6) is 17.2 Å². The topological polar surface area (TPSA) is 146 Å². The Balaban J connectivity index is 1.54. The summed E-state index contributed by atoms with van der Waals surface area (Å²) in [6.07, 6.45) is 1.68. The average Bonchev–Trinajstić information content (AvgIpc) is 3.57. The van der Waals surface area contributed by atoms with E-state index >= 15 is 0 Å². The zero-order valence-corrected chi connectivity index (χ0v) is 20.4. The molecule has 12 nitrogen and oxygen atoms in total. The van der Waals surface area contributed by atoms with Crippen LogP contribution >= 0.6 is 0 Å². The molecular weight excluding hydrogens is 504 g/mol. The molecule has 2 amide bonds. The molecule has 0 aliphatic heterocycles. The van der Waals surface area contributed by atoms with Gasteiger partial charge in [-0.2, -0.15) is 10.1 Å². The van der Waals surface area contributed by atoms with E-state index in [2.05, 4.69) is 30.9 Å². The van der Waals surface area contributed by atoms with Gasteiger partial charge in [0.1, 0.15) is 36.3 Å². The van der Waals surface area contributed by atoms with Crippen LogP contribution in [0.1, 0.15) is 27.9 Å². The summed E-state index contributed by atoms with van der Waals surface area (Å²) in [6.45, 7) is 0.0606. The Hall–Kier alpha value is -4.88. The summed E-state index contributed by atoms with van der Waals surface area (Å²) < 4.78 is 43.9. The number of carbonyl (C=O) groups is 2. The lowest BCUT2D eigenvalue weighted by atomic mass is 10.2. The van der Waals surface area contributed by atoms with Gasteiger partial charge in [0.2, 0.25) is 0 Å². The highest BCUT2D eigenvalue weighted by Gasteiger charge is 2.18. The molecule has 0 spiro atoms. The van der Waals surface area contributed by atoms with E-state index in [0.29, 0.717) is 18.1 Å². The number of carbonyl (C=O) groups excluding carboxylic acids is 2. The molecule has 0 atom stereocenters. The van der Waals surface area contributed by atoms with E-state index in [-0.39, 0.29) is 34.5 Å². The SMILES string of the molecule is CCNC(=O)c1noc(-c2ccc(Oc3cc(OC(CF)CF)cc(C(=O)Nc4ccn(C)n4)c3)cn2)n1. The Kier molecular flexibility index (Phi) is 8.20. The normalized spacial score (nSPS) is 10.9. The zero-order valence-electron chi connectivity index (χ0n) is 20.4. The second kappa shape index (κ2) is 11.9. The standard InChI is InChI=1S/C24H23F2N7O5/c1-3-27-23(35)21-30-24(38-32-21)19-5-4-15(13-28-19)36-16-8-14(9-17(10-16)37-18(11-25)12-26)22(34)29-20-6-7-33(2)31-20/h4-10,13,18H,3,11-12H2,1-2H3,(H,27,35)(H,29,31,34). The number of benzene rings is 1. The lowest BCUT2D eigenvalue weighted by Gasteiger charge is -2.15. The number of amides is 2. The molecule has 0 aliphatic carbocycles. The maximum absolute atomic E-state index is 13.1. The van der Waals surface area contributed by atoms with Crippen molar-refractivity contribution in [3.05, 3.63) is 60.2 Å². The molecule has 4 rings (SSSR count). The fraction of sp³-hybridized carbons (Fsp3) is 0.250. The molecule has 0 saturated heterocycles. The first-order valence-electron chi connectivity index (χ1n) is 11.4. The first kappa shape index (κ1) is 26.2. The van der Waals surface area contributed by atoms with Gasteiger partial charge in [0, 0.05) is 37.5 Å². The number of rotatable bonds is 11. The van der Waals surface area contributed by atoms with Crippen molar-refractivity contribution in [3.63, 3.8) is 0 Å². The first-order valence-corrected chi connectivity index (χ1v) is 11.4. The monoisotopic (exact) mass is 527 g/mol. The number of halogens is 2. The lowest BCUT2D eigenvalue weighted by molar-refractivity contribution is 0.0941. The molecule has 2 N–H and O–H groups in total. The first-order chi connectivity index (χ1) is 18.4. The molecule has 0 saturated carbocycles. The molecule has 14 heteroatoms. The molecule has 3 aromatic heterocycles. The highest BCUT2D eigenvalue weighted by Crippen LogP contribution is 2.29. The van der Waals surface area contributed by atoms with E-state index < -0.39 is 31.3 Å². The molecule has 0 aliphatic rings. The fourth-order valence-electron chi connectivity index (χ4n) is 3.16. The van der Waals surface area contributed by atoms with Gasteiger partial charge in [0.15, 0.2) is 11.9 Å². The van der Waals surface area contributed by atoms with Crippen LogP contribution in [0.4, 0.5) is 14.6 Å². The van der Waals surface area contributed by atoms with Crippen LogP contribution in [-0.4, -0.2) is 62.7 Å². The van der Waals surface area contributed by atoms with E-state index in [1.807, 2.05) is 0 Å². The average molecular weight is 527 g/mol. The van der Waals surface area contributed by atoms with Gasteiger partial charge in [-0.3, -0.25) is 14.3 Å². The van der Waals surface area contributed by atoms with E-state index in [1.165, 1.54) is 35.1 Å². The molecule has 4 aromatic rings. The molecule has 38 heavy (non-hydrogen) atoms. The summed E-state index contributed by atoms with van der Waals surface area (Å²) in [5.41, 5.74) is 0.398. The molecule has 0 bridgehead atoms. The van der Waals surface area contributed by atoms with Crippen LogP contribution in [0.2, 0.25) is 0 Å². The summed E-state index contributed by atoms with van der Waals surface area (Å²) in [7, 11) is 1.70. The van der Waals surface area contributed by atoms with Crippen LogP contribution in [0.25, 0.3) is 11.6 Å².